The molecule has 2 atom stereocenters. The summed E-state index contributed by atoms with van der Waals surface area (Å²) in [6.07, 6.45) is 6.72. The van der Waals surface area contributed by atoms with Gasteiger partial charge in [0.1, 0.15) is 0 Å². The van der Waals surface area contributed by atoms with Crippen LogP contribution in [0.25, 0.3) is 0 Å². The number of halogens is 2. The molecule has 0 heterocycles. The van der Waals surface area contributed by atoms with Crippen LogP contribution >= 0.6 is 0 Å². The first-order valence-corrected chi connectivity index (χ1v) is 10.3. The molecule has 1 radical (unpaired) electrons. The van der Waals surface area contributed by atoms with Crippen LogP contribution in [0.1, 0.15) is 55.4 Å². The van der Waals surface area contributed by atoms with Gasteiger partial charge in [-0.15, -0.1) is 13.8 Å². The summed E-state index contributed by atoms with van der Waals surface area (Å²) in [5.74, 6) is 1.12. The maximum absolute atomic E-state index is 3.36. The molecule has 0 aromatic carbocycles. The molecule has 2 aliphatic carbocycles. The minimum absolute atomic E-state index is 0. The zero-order chi connectivity index (χ0) is 16.7. The van der Waals surface area contributed by atoms with E-state index in [1.165, 1.54) is 33.4 Å². The molecule has 0 saturated heterocycles. The maximum atomic E-state index is 3.36. The van der Waals surface area contributed by atoms with E-state index in [0.29, 0.717) is 11.8 Å². The second kappa shape index (κ2) is 16.7. The molecule has 0 spiro atoms. The van der Waals surface area contributed by atoms with E-state index in [1.54, 1.807) is 0 Å². The molecule has 0 amide bonds. The van der Waals surface area contributed by atoms with E-state index >= 15 is 0 Å². The number of hydrogen-bond acceptors (Lipinski definition) is 0. The summed E-state index contributed by atoms with van der Waals surface area (Å²) in [6, 6.07) is 0. The van der Waals surface area contributed by atoms with Gasteiger partial charge in [-0.3, -0.25) is 12.2 Å². The monoisotopic (exact) mass is 645 g/mol. The van der Waals surface area contributed by atoms with Crippen molar-refractivity contribution in [2.24, 2.45) is 11.8 Å². The van der Waals surface area contributed by atoms with Gasteiger partial charge in [0, 0.05) is 9.52 Å². The van der Waals surface area contributed by atoms with E-state index in [9.17, 15) is 0 Å². The Morgan fingerprint density at radius 1 is 0.667 bits per heavy atom. The Morgan fingerprint density at radius 2 is 0.875 bits per heavy atom. The van der Waals surface area contributed by atoms with Crippen LogP contribution in [0.2, 0.25) is 13.1 Å². The van der Waals surface area contributed by atoms with Gasteiger partial charge in [-0.25, -0.2) is 11.1 Å². The largest absolute Gasteiger partial charge is 4.00 e. The van der Waals surface area contributed by atoms with E-state index in [4.69, 9.17) is 0 Å². The predicted octanol–water partition coefficient (Wildman–Crippen LogP) is -0.0314. The molecular formula is C20H33I2SiZr. The zero-order valence-corrected chi connectivity index (χ0v) is 24.9. The van der Waals surface area contributed by atoms with Crippen LogP contribution in [0.4, 0.5) is 0 Å². The van der Waals surface area contributed by atoms with Crippen LogP contribution < -0.4 is 48.0 Å². The molecule has 135 valence electrons. The molecule has 0 N–H and O–H groups in total. The molecule has 2 unspecified atom stereocenters. The molecular weight excluding hydrogens is 613 g/mol. The van der Waals surface area contributed by atoms with E-state index in [1.807, 2.05) is 0 Å². The predicted molar refractivity (Wildman–Crippen MR) is 98.8 cm³/mol. The van der Waals surface area contributed by atoms with Crippen LogP contribution in [0.3, 0.4) is 0 Å². The molecule has 0 aliphatic heterocycles. The number of rotatable bonds is 0. The molecule has 0 saturated carbocycles. The number of allylic oxidation sites excluding steroid dienone is 8. The average molecular weight is 647 g/mol. The molecule has 0 fully saturated rings. The first-order chi connectivity index (χ1) is 9.67. The first kappa shape index (κ1) is 33.1. The zero-order valence-electron chi connectivity index (χ0n) is 17.0. The maximum Gasteiger partial charge on any atom is 4.00 e. The van der Waals surface area contributed by atoms with Gasteiger partial charge in [0.2, 0.25) is 0 Å². The van der Waals surface area contributed by atoms with Crippen LogP contribution in [0, 0.1) is 24.0 Å². The van der Waals surface area contributed by atoms with Gasteiger partial charge in [0.05, 0.1) is 0 Å². The van der Waals surface area contributed by atoms with Gasteiger partial charge in [-0.2, -0.15) is 22.3 Å². The SMILES string of the molecule is CC1=[C-]C(C)C(C)=C1C.CC1=[C-]C(C)C(C)=C1C.C[SiH]C.[I-].[I-].[Zr+4]. The Hall–Kier alpha value is 1.52. The molecule has 2 rings (SSSR count). The minimum atomic E-state index is 0. The quantitative estimate of drug-likeness (QED) is 0.197. The summed E-state index contributed by atoms with van der Waals surface area (Å²) < 4.78 is 0. The van der Waals surface area contributed by atoms with Crippen LogP contribution in [-0.2, 0) is 26.2 Å². The van der Waals surface area contributed by atoms with Gasteiger partial charge in [-0.1, -0.05) is 66.5 Å². The van der Waals surface area contributed by atoms with Crippen molar-refractivity contribution in [2.75, 3.05) is 0 Å². The first-order valence-electron chi connectivity index (χ1n) is 7.96. The number of hydrogen-bond donors (Lipinski definition) is 0. The van der Waals surface area contributed by atoms with E-state index < -0.39 is 0 Å². The van der Waals surface area contributed by atoms with Crippen LogP contribution in [-0.4, -0.2) is 9.52 Å². The van der Waals surface area contributed by atoms with Crippen molar-refractivity contribution in [2.45, 2.75) is 68.5 Å². The fraction of sp³-hybridized carbons (Fsp3) is 0.600. The van der Waals surface area contributed by atoms with Gasteiger partial charge in [0.25, 0.3) is 0 Å². The topological polar surface area (TPSA) is 0 Å². The van der Waals surface area contributed by atoms with Gasteiger partial charge in [0.15, 0.2) is 0 Å². The summed E-state index contributed by atoms with van der Waals surface area (Å²) in [7, 11) is 0.750. The Kier molecular flexibility index (Phi) is 23.0. The van der Waals surface area contributed by atoms with E-state index in [-0.39, 0.29) is 74.2 Å². The fourth-order valence-corrected chi connectivity index (χ4v) is 2.32. The third-order valence-electron chi connectivity index (χ3n) is 4.47. The summed E-state index contributed by atoms with van der Waals surface area (Å²) in [6.45, 7) is 21.8. The summed E-state index contributed by atoms with van der Waals surface area (Å²) >= 11 is 0. The summed E-state index contributed by atoms with van der Waals surface area (Å²) in [5.41, 5.74) is 8.49. The second-order valence-electron chi connectivity index (χ2n) is 6.18. The molecule has 0 bridgehead atoms. The van der Waals surface area contributed by atoms with Crippen molar-refractivity contribution in [3.8, 4) is 0 Å². The Morgan fingerprint density at radius 3 is 0.917 bits per heavy atom. The third kappa shape index (κ3) is 10.6. The van der Waals surface area contributed by atoms with Crippen molar-refractivity contribution >= 4 is 9.52 Å². The summed E-state index contributed by atoms with van der Waals surface area (Å²) in [4.78, 5) is 0. The van der Waals surface area contributed by atoms with E-state index in [0.717, 1.165) is 9.52 Å². The third-order valence-corrected chi connectivity index (χ3v) is 4.47. The van der Waals surface area contributed by atoms with Gasteiger partial charge < -0.3 is 48.0 Å². The Balaban J connectivity index is -0.000000130. The van der Waals surface area contributed by atoms with Crippen molar-refractivity contribution in [1.29, 1.82) is 0 Å². The van der Waals surface area contributed by atoms with Gasteiger partial charge in [-0.05, 0) is 0 Å². The van der Waals surface area contributed by atoms with Crippen molar-refractivity contribution in [3.05, 3.63) is 45.6 Å². The second-order valence-corrected chi connectivity index (χ2v) is 7.33. The minimum Gasteiger partial charge on any atom is -1.00 e. The summed E-state index contributed by atoms with van der Waals surface area (Å²) in [5, 5.41) is 0. The van der Waals surface area contributed by atoms with Gasteiger partial charge >= 0.3 is 26.2 Å². The molecule has 24 heavy (non-hydrogen) atoms. The van der Waals surface area contributed by atoms with Crippen molar-refractivity contribution < 1.29 is 74.2 Å². The Labute approximate surface area is 207 Å². The average Bonchev–Trinajstić information content (AvgIpc) is 2.77. The normalized spacial score (nSPS) is 21.1. The molecule has 2 aliphatic rings. The fourth-order valence-electron chi connectivity index (χ4n) is 2.32. The van der Waals surface area contributed by atoms with Crippen LogP contribution in [0.5, 0.6) is 0 Å². The standard InChI is InChI=1S/2C9H13.C2H7Si.2HI.Zr/c2*1-6-5-7(2)9(4)8(6)3;1-3-2;;;/h2*6H,1-4H3;3H,1-2H3;2*1H;/q2*-1;;;;+4/p-2. The Bertz CT molecular complexity index is 444. The van der Waals surface area contributed by atoms with Crippen molar-refractivity contribution in [3.63, 3.8) is 0 Å². The molecule has 4 heteroatoms. The van der Waals surface area contributed by atoms with Crippen LogP contribution in [0.15, 0.2) is 33.4 Å². The molecule has 0 aromatic heterocycles. The molecule has 0 aromatic rings. The van der Waals surface area contributed by atoms with E-state index in [2.05, 4.69) is 80.6 Å². The smallest absolute Gasteiger partial charge is 1.00 e. The molecule has 0 nitrogen and oxygen atoms in total. The van der Waals surface area contributed by atoms with Crippen molar-refractivity contribution in [1.82, 2.24) is 0 Å².